The molecule has 0 spiro atoms. The van der Waals surface area contributed by atoms with Crippen molar-refractivity contribution >= 4 is 0 Å². The third-order valence-corrected chi connectivity index (χ3v) is 2.97. The van der Waals surface area contributed by atoms with Crippen LogP contribution in [-0.2, 0) is 7.05 Å². The maximum absolute atomic E-state index is 5.57. The molecule has 4 nitrogen and oxygen atoms in total. The highest BCUT2D eigenvalue weighted by molar-refractivity contribution is 5.35. The molecule has 0 amide bonds. The highest BCUT2D eigenvalue weighted by Crippen LogP contribution is 2.24. The minimum Gasteiger partial charge on any atom is -0.494 e. The van der Waals surface area contributed by atoms with Crippen molar-refractivity contribution in [1.29, 1.82) is 0 Å². The smallest absolute Gasteiger partial charge is 0.119 e. The zero-order valence-electron chi connectivity index (χ0n) is 11.8. The van der Waals surface area contributed by atoms with Crippen LogP contribution in [0.2, 0.25) is 0 Å². The predicted octanol–water partition coefficient (Wildman–Crippen LogP) is 2.52. The monoisotopic (exact) mass is 259 g/mol. The first-order chi connectivity index (χ1) is 9.24. The van der Waals surface area contributed by atoms with Crippen LogP contribution >= 0.6 is 0 Å². The normalized spacial score (nSPS) is 12.4. The number of benzene rings is 1. The molecule has 0 aliphatic heterocycles. The lowest BCUT2D eigenvalue weighted by molar-refractivity contribution is 0.339. The summed E-state index contributed by atoms with van der Waals surface area (Å²) >= 11 is 0. The molecule has 0 saturated heterocycles. The van der Waals surface area contributed by atoms with Crippen molar-refractivity contribution in [2.45, 2.75) is 19.9 Å². The van der Waals surface area contributed by atoms with E-state index in [4.69, 9.17) is 4.74 Å². The maximum atomic E-state index is 5.57. The number of ether oxygens (including phenoxy) is 1. The second-order valence-corrected chi connectivity index (χ2v) is 4.44. The Bertz CT molecular complexity index is 522. The van der Waals surface area contributed by atoms with E-state index in [9.17, 15) is 0 Å². The molecule has 1 aromatic carbocycles. The number of nitrogens with one attached hydrogen (secondary N) is 1. The molecule has 2 rings (SSSR count). The molecule has 0 radical (unpaired) electrons. The number of aryl methyl sites for hydroxylation is 1. The van der Waals surface area contributed by atoms with E-state index in [1.165, 1.54) is 5.56 Å². The van der Waals surface area contributed by atoms with Crippen molar-refractivity contribution in [3.63, 3.8) is 0 Å². The first-order valence-corrected chi connectivity index (χ1v) is 6.69. The van der Waals surface area contributed by atoms with Gasteiger partial charge in [-0.05, 0) is 31.2 Å². The van der Waals surface area contributed by atoms with E-state index in [1.54, 1.807) is 0 Å². The number of hydrogen-bond donors (Lipinski definition) is 1. The van der Waals surface area contributed by atoms with Gasteiger partial charge in [0.1, 0.15) is 5.75 Å². The predicted molar refractivity (Wildman–Crippen MR) is 76.3 cm³/mol. The van der Waals surface area contributed by atoms with Crippen LogP contribution in [0.25, 0.3) is 0 Å². The van der Waals surface area contributed by atoms with Crippen molar-refractivity contribution in [3.8, 4) is 5.75 Å². The van der Waals surface area contributed by atoms with Crippen LogP contribution in [0, 0.1) is 0 Å². The Morgan fingerprint density at radius 3 is 2.79 bits per heavy atom. The Morgan fingerprint density at radius 1 is 1.32 bits per heavy atom. The van der Waals surface area contributed by atoms with Gasteiger partial charge in [0, 0.05) is 18.8 Å². The van der Waals surface area contributed by atoms with E-state index in [-0.39, 0.29) is 6.04 Å². The van der Waals surface area contributed by atoms with Crippen molar-refractivity contribution in [1.82, 2.24) is 15.1 Å². The highest BCUT2D eigenvalue weighted by Gasteiger charge is 2.15. The molecular formula is C15H21N3O. The Balaban J connectivity index is 2.30. The number of aromatic nitrogens is 2. The number of hydrogen-bond acceptors (Lipinski definition) is 3. The zero-order chi connectivity index (χ0) is 13.7. The Morgan fingerprint density at radius 2 is 2.16 bits per heavy atom. The van der Waals surface area contributed by atoms with E-state index in [0.717, 1.165) is 17.9 Å². The van der Waals surface area contributed by atoms with Crippen LogP contribution in [0.4, 0.5) is 0 Å². The lowest BCUT2D eigenvalue weighted by atomic mass is 10.0. The van der Waals surface area contributed by atoms with Gasteiger partial charge in [-0.2, -0.15) is 5.10 Å². The summed E-state index contributed by atoms with van der Waals surface area (Å²) in [6.45, 7) is 5.69. The fraction of sp³-hybridized carbons (Fsp3) is 0.400. The topological polar surface area (TPSA) is 39.1 Å². The van der Waals surface area contributed by atoms with Gasteiger partial charge in [-0.25, -0.2) is 0 Å². The van der Waals surface area contributed by atoms with Crippen LogP contribution < -0.4 is 10.1 Å². The third kappa shape index (κ3) is 3.35. The summed E-state index contributed by atoms with van der Waals surface area (Å²) < 4.78 is 7.39. The largest absolute Gasteiger partial charge is 0.494 e. The molecule has 1 unspecified atom stereocenters. The van der Waals surface area contributed by atoms with Crippen molar-refractivity contribution in [3.05, 3.63) is 47.8 Å². The quantitative estimate of drug-likeness (QED) is 0.866. The average Bonchev–Trinajstić information content (AvgIpc) is 2.83. The summed E-state index contributed by atoms with van der Waals surface area (Å²) in [7, 11) is 1.93. The summed E-state index contributed by atoms with van der Waals surface area (Å²) in [4.78, 5) is 0. The van der Waals surface area contributed by atoms with Gasteiger partial charge in [-0.15, -0.1) is 0 Å². The molecule has 0 bridgehead atoms. The summed E-state index contributed by atoms with van der Waals surface area (Å²) in [5.41, 5.74) is 2.36. The summed E-state index contributed by atoms with van der Waals surface area (Å²) in [5.74, 6) is 0.909. The molecule has 1 aromatic heterocycles. The molecular weight excluding hydrogens is 238 g/mol. The third-order valence-electron chi connectivity index (χ3n) is 2.97. The summed E-state index contributed by atoms with van der Waals surface area (Å²) in [5, 5.41) is 7.74. The lowest BCUT2D eigenvalue weighted by Gasteiger charge is -2.17. The number of nitrogens with zero attached hydrogens (tertiary/aromatic N) is 2. The first-order valence-electron chi connectivity index (χ1n) is 6.69. The Hall–Kier alpha value is -1.81. The van der Waals surface area contributed by atoms with Gasteiger partial charge in [0.15, 0.2) is 0 Å². The second-order valence-electron chi connectivity index (χ2n) is 4.44. The van der Waals surface area contributed by atoms with Crippen LogP contribution in [0.5, 0.6) is 5.75 Å². The van der Waals surface area contributed by atoms with E-state index in [0.29, 0.717) is 6.61 Å². The molecule has 0 fully saturated rings. The van der Waals surface area contributed by atoms with Crippen LogP contribution in [-0.4, -0.2) is 22.9 Å². The van der Waals surface area contributed by atoms with Gasteiger partial charge >= 0.3 is 0 Å². The molecule has 1 heterocycles. The molecule has 0 aliphatic rings. The molecule has 102 valence electrons. The summed E-state index contributed by atoms with van der Waals surface area (Å²) in [6, 6.07) is 8.37. The van der Waals surface area contributed by atoms with Gasteiger partial charge < -0.3 is 10.1 Å². The second kappa shape index (κ2) is 6.38. The SMILES string of the molecule is CCNC(c1cccc(OCC)c1)c1cnn(C)c1. The fourth-order valence-electron chi connectivity index (χ4n) is 2.17. The maximum Gasteiger partial charge on any atom is 0.119 e. The van der Waals surface area contributed by atoms with Crippen molar-refractivity contribution in [2.24, 2.45) is 7.05 Å². The van der Waals surface area contributed by atoms with E-state index in [1.807, 2.05) is 43.2 Å². The number of rotatable bonds is 6. The van der Waals surface area contributed by atoms with Crippen LogP contribution in [0.1, 0.15) is 31.0 Å². The minimum absolute atomic E-state index is 0.152. The molecule has 1 N–H and O–H groups in total. The molecule has 19 heavy (non-hydrogen) atoms. The van der Waals surface area contributed by atoms with Gasteiger partial charge in [-0.1, -0.05) is 19.1 Å². The standard InChI is InChI=1S/C15H21N3O/c1-4-16-15(13-10-17-18(3)11-13)12-7-6-8-14(9-12)19-5-2/h6-11,15-16H,4-5H2,1-3H3. The highest BCUT2D eigenvalue weighted by atomic mass is 16.5. The molecule has 2 aromatic rings. The van der Waals surface area contributed by atoms with Crippen molar-refractivity contribution < 1.29 is 4.74 Å². The van der Waals surface area contributed by atoms with Crippen LogP contribution in [0.15, 0.2) is 36.7 Å². The molecule has 4 heteroatoms. The molecule has 0 aliphatic carbocycles. The van der Waals surface area contributed by atoms with Gasteiger partial charge in [0.05, 0.1) is 18.8 Å². The zero-order valence-corrected chi connectivity index (χ0v) is 11.8. The van der Waals surface area contributed by atoms with Gasteiger partial charge in [0.25, 0.3) is 0 Å². The Kier molecular flexibility index (Phi) is 4.58. The van der Waals surface area contributed by atoms with Crippen LogP contribution in [0.3, 0.4) is 0 Å². The first kappa shape index (κ1) is 13.6. The molecule has 1 atom stereocenters. The minimum atomic E-state index is 0.152. The fourth-order valence-corrected chi connectivity index (χ4v) is 2.17. The lowest BCUT2D eigenvalue weighted by Crippen LogP contribution is -2.21. The van der Waals surface area contributed by atoms with Gasteiger partial charge in [-0.3, -0.25) is 4.68 Å². The summed E-state index contributed by atoms with van der Waals surface area (Å²) in [6.07, 6.45) is 3.95. The Labute approximate surface area is 114 Å². The van der Waals surface area contributed by atoms with E-state index >= 15 is 0 Å². The van der Waals surface area contributed by atoms with Crippen molar-refractivity contribution in [2.75, 3.05) is 13.2 Å². The molecule has 0 saturated carbocycles. The average molecular weight is 259 g/mol. The van der Waals surface area contributed by atoms with Gasteiger partial charge in [0.2, 0.25) is 0 Å². The van der Waals surface area contributed by atoms with E-state index in [2.05, 4.69) is 29.5 Å². The van der Waals surface area contributed by atoms with E-state index < -0.39 is 0 Å².